The summed E-state index contributed by atoms with van der Waals surface area (Å²) in [5.41, 5.74) is 1.68. The van der Waals surface area contributed by atoms with E-state index in [0.29, 0.717) is 11.3 Å². The van der Waals surface area contributed by atoms with Crippen molar-refractivity contribution < 1.29 is 10.2 Å². The number of fused-ring (bicyclic) bond motifs is 5. The Kier molecular flexibility index (Phi) is 6.50. The predicted molar refractivity (Wildman–Crippen MR) is 130 cm³/mol. The van der Waals surface area contributed by atoms with E-state index in [-0.39, 0.29) is 11.5 Å². The van der Waals surface area contributed by atoms with Crippen LogP contribution in [0.25, 0.3) is 0 Å². The summed E-state index contributed by atoms with van der Waals surface area (Å²) in [5, 5.41) is 21.5. The first-order valence-electron chi connectivity index (χ1n) is 13.6. The minimum absolute atomic E-state index is 0.00401. The molecule has 9 atom stereocenters. The van der Waals surface area contributed by atoms with Gasteiger partial charge in [0.2, 0.25) is 0 Å². The molecule has 2 N–H and O–H groups in total. The molecule has 0 radical (unpaired) electrons. The Bertz CT molecular complexity index is 675. The quantitative estimate of drug-likeness (QED) is 0.455. The minimum Gasteiger partial charge on any atom is -0.393 e. The largest absolute Gasteiger partial charge is 0.393 e. The molecular weight excluding hydrogens is 380 g/mol. The van der Waals surface area contributed by atoms with Gasteiger partial charge in [-0.25, -0.2) is 0 Å². The monoisotopic (exact) mass is 430 g/mol. The Morgan fingerprint density at radius 3 is 2.48 bits per heavy atom. The molecule has 2 nitrogen and oxygen atoms in total. The summed E-state index contributed by atoms with van der Waals surface area (Å²) in [5.74, 6) is 4.93. The third-order valence-electron chi connectivity index (χ3n) is 10.9. The number of aliphatic hydroxyl groups excluding tert-OH is 1. The Balaban J connectivity index is 1.44. The van der Waals surface area contributed by atoms with E-state index in [9.17, 15) is 10.2 Å². The highest BCUT2D eigenvalue weighted by Crippen LogP contribution is 2.65. The van der Waals surface area contributed by atoms with E-state index in [1.807, 2.05) is 0 Å². The van der Waals surface area contributed by atoms with Crippen molar-refractivity contribution in [3.63, 3.8) is 0 Å². The van der Waals surface area contributed by atoms with Gasteiger partial charge in [0.25, 0.3) is 0 Å². The molecule has 4 aliphatic rings. The summed E-state index contributed by atoms with van der Waals surface area (Å²) < 4.78 is 0. The van der Waals surface area contributed by atoms with Crippen LogP contribution in [0.4, 0.5) is 0 Å². The topological polar surface area (TPSA) is 40.5 Å². The molecule has 0 aromatic heterocycles. The van der Waals surface area contributed by atoms with Crippen molar-refractivity contribution in [3.05, 3.63) is 11.6 Å². The van der Waals surface area contributed by atoms with Gasteiger partial charge in [-0.2, -0.15) is 0 Å². The smallest absolute Gasteiger partial charge is 0.0682 e. The molecule has 4 aliphatic carbocycles. The molecule has 0 aliphatic heterocycles. The van der Waals surface area contributed by atoms with Gasteiger partial charge >= 0.3 is 0 Å². The Morgan fingerprint density at radius 1 is 1.06 bits per heavy atom. The predicted octanol–water partition coefficient (Wildman–Crippen LogP) is 7.14. The molecule has 2 heteroatoms. The highest BCUT2D eigenvalue weighted by Gasteiger charge is 2.57. The lowest BCUT2D eigenvalue weighted by Crippen LogP contribution is -2.48. The number of hydrogen-bond donors (Lipinski definition) is 2. The van der Waals surface area contributed by atoms with Crippen LogP contribution in [-0.2, 0) is 0 Å². The maximum Gasteiger partial charge on any atom is 0.0682 e. The molecule has 0 saturated heterocycles. The Morgan fingerprint density at radius 2 is 1.81 bits per heavy atom. The number of hydrogen-bond acceptors (Lipinski definition) is 2. The molecule has 3 saturated carbocycles. The molecule has 0 bridgehead atoms. The van der Waals surface area contributed by atoms with E-state index in [1.165, 1.54) is 44.9 Å². The van der Waals surface area contributed by atoms with Gasteiger partial charge in [-0.15, -0.1) is 0 Å². The van der Waals surface area contributed by atoms with Gasteiger partial charge in [-0.3, -0.25) is 0 Å². The number of rotatable bonds is 5. The maximum absolute atomic E-state index is 10.9. The zero-order valence-electron chi connectivity index (χ0n) is 21.3. The van der Waals surface area contributed by atoms with E-state index in [0.717, 1.165) is 55.3 Å². The van der Waals surface area contributed by atoms with Crippen LogP contribution in [0.2, 0.25) is 0 Å². The molecule has 1 unspecified atom stereocenters. The van der Waals surface area contributed by atoms with Crippen molar-refractivity contribution >= 4 is 0 Å². The van der Waals surface area contributed by atoms with Gasteiger partial charge in [0, 0.05) is 0 Å². The maximum atomic E-state index is 10.9. The second-order valence-electron chi connectivity index (χ2n) is 13.5. The highest BCUT2D eigenvalue weighted by atomic mass is 16.3. The molecule has 4 rings (SSSR count). The van der Waals surface area contributed by atoms with Crippen LogP contribution in [0.5, 0.6) is 0 Å². The molecule has 0 aromatic carbocycles. The standard InChI is InChI=1S/C29H50O2/c1-7-29(31)17-15-21-20(18-29)9-10-23-22(21)14-16-28(6)24(11-12-25(23)28)19(2)8-13-26(30)27(3,4)5/h9,19,21-26,30-31H,7-8,10-18H2,1-6H3/t19?,21-,22+,23+,24+,25-,26-,28+,29-/m0/s1. The normalized spacial score (nSPS) is 44.6. The van der Waals surface area contributed by atoms with Gasteiger partial charge in [-0.1, -0.05) is 53.2 Å². The first-order valence-corrected chi connectivity index (χ1v) is 13.6. The van der Waals surface area contributed by atoms with E-state index in [4.69, 9.17) is 0 Å². The first-order chi connectivity index (χ1) is 14.5. The fraction of sp³-hybridized carbons (Fsp3) is 0.931. The van der Waals surface area contributed by atoms with E-state index >= 15 is 0 Å². The van der Waals surface area contributed by atoms with Crippen molar-refractivity contribution in [2.45, 2.75) is 124 Å². The fourth-order valence-corrected chi connectivity index (χ4v) is 8.70. The van der Waals surface area contributed by atoms with Crippen molar-refractivity contribution in [2.24, 2.45) is 46.3 Å². The molecule has 0 amide bonds. The summed E-state index contributed by atoms with van der Waals surface area (Å²) in [4.78, 5) is 0. The summed E-state index contributed by atoms with van der Waals surface area (Å²) in [6.45, 7) is 13.7. The van der Waals surface area contributed by atoms with Crippen LogP contribution in [0.3, 0.4) is 0 Å². The van der Waals surface area contributed by atoms with Crippen molar-refractivity contribution in [1.29, 1.82) is 0 Å². The second kappa shape index (κ2) is 8.46. The minimum atomic E-state index is -0.427. The van der Waals surface area contributed by atoms with E-state index < -0.39 is 5.60 Å². The summed E-state index contributed by atoms with van der Waals surface area (Å²) >= 11 is 0. The van der Waals surface area contributed by atoms with Gasteiger partial charge in [0.15, 0.2) is 0 Å². The van der Waals surface area contributed by atoms with Crippen molar-refractivity contribution in [1.82, 2.24) is 0 Å². The van der Waals surface area contributed by atoms with Crippen LogP contribution in [-0.4, -0.2) is 21.9 Å². The lowest BCUT2D eigenvalue weighted by molar-refractivity contribution is -0.0471. The lowest BCUT2D eigenvalue weighted by Gasteiger charge is -2.55. The van der Waals surface area contributed by atoms with Crippen LogP contribution in [0.15, 0.2) is 11.6 Å². The number of allylic oxidation sites excluding steroid dienone is 1. The van der Waals surface area contributed by atoms with Gasteiger partial charge in [0.05, 0.1) is 11.7 Å². The third-order valence-corrected chi connectivity index (χ3v) is 10.9. The van der Waals surface area contributed by atoms with Crippen LogP contribution >= 0.6 is 0 Å². The SMILES string of the molecule is CC[C@]1(O)CC[C@H]2C(=CC[C@@H]3[C@@H]2CC[C@]2(C)[C@@H](C(C)CC[C@H](O)C(C)(C)C)CC[C@@H]32)C1. The zero-order valence-corrected chi connectivity index (χ0v) is 21.3. The Hall–Kier alpha value is -0.340. The molecule has 0 heterocycles. The summed E-state index contributed by atoms with van der Waals surface area (Å²) in [6.07, 6.45) is 15.4. The average Bonchev–Trinajstić information content (AvgIpc) is 3.08. The average molecular weight is 431 g/mol. The fourth-order valence-electron chi connectivity index (χ4n) is 8.70. The molecule has 178 valence electrons. The number of aliphatic hydroxyl groups is 2. The van der Waals surface area contributed by atoms with Crippen LogP contribution in [0.1, 0.15) is 112 Å². The van der Waals surface area contributed by atoms with Crippen molar-refractivity contribution in [3.8, 4) is 0 Å². The third kappa shape index (κ3) is 4.30. The summed E-state index contributed by atoms with van der Waals surface area (Å²) in [7, 11) is 0. The zero-order chi connectivity index (χ0) is 22.6. The summed E-state index contributed by atoms with van der Waals surface area (Å²) in [6, 6.07) is 0. The van der Waals surface area contributed by atoms with Gasteiger partial charge in [0.1, 0.15) is 0 Å². The van der Waals surface area contributed by atoms with Gasteiger partial charge in [-0.05, 0) is 117 Å². The molecule has 3 fully saturated rings. The molecule has 0 aromatic rings. The Labute approximate surface area is 192 Å². The molecule has 0 spiro atoms. The highest BCUT2D eigenvalue weighted by molar-refractivity contribution is 5.22. The second-order valence-corrected chi connectivity index (χ2v) is 13.5. The van der Waals surface area contributed by atoms with Crippen LogP contribution < -0.4 is 0 Å². The van der Waals surface area contributed by atoms with E-state index in [2.05, 4.69) is 47.6 Å². The molecular formula is C29H50O2. The van der Waals surface area contributed by atoms with Crippen molar-refractivity contribution in [2.75, 3.05) is 0 Å². The van der Waals surface area contributed by atoms with Crippen LogP contribution in [0, 0.1) is 46.3 Å². The first kappa shape index (κ1) is 23.8. The molecule has 31 heavy (non-hydrogen) atoms. The van der Waals surface area contributed by atoms with E-state index in [1.54, 1.807) is 5.57 Å². The van der Waals surface area contributed by atoms with Gasteiger partial charge < -0.3 is 10.2 Å². The lowest BCUT2D eigenvalue weighted by atomic mass is 9.50.